The number of hydrogen-bond donors (Lipinski definition) is 0. The fourth-order valence-electron chi connectivity index (χ4n) is 1.70. The van der Waals surface area contributed by atoms with Crippen molar-refractivity contribution in [1.82, 2.24) is 0 Å². The SMILES string of the molecule is CCOC(C)OCCC/C=C\CCCOC(C)OCC. The molecule has 0 rings (SSSR count). The van der Waals surface area contributed by atoms with Crippen molar-refractivity contribution in [2.45, 2.75) is 66.0 Å². The van der Waals surface area contributed by atoms with Crippen molar-refractivity contribution in [2.24, 2.45) is 0 Å². The summed E-state index contributed by atoms with van der Waals surface area (Å²) in [7, 11) is 0. The van der Waals surface area contributed by atoms with Gasteiger partial charge in [0.2, 0.25) is 0 Å². The van der Waals surface area contributed by atoms with Crippen LogP contribution in [0.4, 0.5) is 0 Å². The van der Waals surface area contributed by atoms with Gasteiger partial charge in [-0.05, 0) is 53.4 Å². The van der Waals surface area contributed by atoms with Crippen molar-refractivity contribution in [3.05, 3.63) is 12.2 Å². The number of rotatable bonds is 14. The highest BCUT2D eigenvalue weighted by molar-refractivity contribution is 4.81. The Balaban J connectivity index is 3.24. The molecule has 0 saturated heterocycles. The molecule has 2 atom stereocenters. The van der Waals surface area contributed by atoms with E-state index in [1.165, 1.54) is 0 Å². The van der Waals surface area contributed by atoms with Gasteiger partial charge in [0.1, 0.15) is 0 Å². The van der Waals surface area contributed by atoms with E-state index >= 15 is 0 Å². The van der Waals surface area contributed by atoms with Gasteiger partial charge in [-0.25, -0.2) is 0 Å². The molecule has 0 aromatic rings. The quantitative estimate of drug-likeness (QED) is 0.276. The van der Waals surface area contributed by atoms with Crippen LogP contribution >= 0.6 is 0 Å². The molecule has 0 fully saturated rings. The molecule has 4 heteroatoms. The molecule has 0 aliphatic rings. The van der Waals surface area contributed by atoms with Crippen molar-refractivity contribution < 1.29 is 18.9 Å². The Morgan fingerprint density at radius 3 is 1.45 bits per heavy atom. The van der Waals surface area contributed by atoms with Crippen LogP contribution in [-0.2, 0) is 18.9 Å². The molecule has 20 heavy (non-hydrogen) atoms. The lowest BCUT2D eigenvalue weighted by Gasteiger charge is -2.12. The first-order chi connectivity index (χ1) is 9.70. The molecule has 0 aliphatic carbocycles. The summed E-state index contributed by atoms with van der Waals surface area (Å²) in [5.41, 5.74) is 0. The van der Waals surface area contributed by atoms with Crippen molar-refractivity contribution in [2.75, 3.05) is 26.4 Å². The van der Waals surface area contributed by atoms with Crippen molar-refractivity contribution in [3.63, 3.8) is 0 Å². The lowest BCUT2D eigenvalue weighted by molar-refractivity contribution is -0.127. The molecule has 4 nitrogen and oxygen atoms in total. The van der Waals surface area contributed by atoms with Crippen LogP contribution in [0.15, 0.2) is 12.2 Å². The number of hydrogen-bond acceptors (Lipinski definition) is 4. The summed E-state index contributed by atoms with van der Waals surface area (Å²) < 4.78 is 21.5. The molecule has 0 N–H and O–H groups in total. The molecular weight excluding hydrogens is 256 g/mol. The molecule has 0 amide bonds. The molecule has 2 unspecified atom stereocenters. The lowest BCUT2D eigenvalue weighted by atomic mass is 10.2. The number of unbranched alkanes of at least 4 members (excludes halogenated alkanes) is 2. The molecule has 120 valence electrons. The van der Waals surface area contributed by atoms with E-state index in [1.54, 1.807) is 0 Å². The second kappa shape index (κ2) is 15.0. The average molecular weight is 288 g/mol. The fraction of sp³-hybridized carbons (Fsp3) is 0.875. The van der Waals surface area contributed by atoms with Gasteiger partial charge >= 0.3 is 0 Å². The normalized spacial score (nSPS) is 14.8. The summed E-state index contributed by atoms with van der Waals surface area (Å²) in [6, 6.07) is 0. The topological polar surface area (TPSA) is 36.9 Å². The standard InChI is InChI=1S/C16H32O4/c1-5-17-15(3)19-13-11-9-7-8-10-12-14-20-16(4)18-6-2/h7-8,15-16H,5-6,9-14H2,1-4H3/b8-7-. The van der Waals surface area contributed by atoms with Gasteiger partial charge in [0.25, 0.3) is 0 Å². The third kappa shape index (κ3) is 14.0. The van der Waals surface area contributed by atoms with Gasteiger partial charge in [-0.3, -0.25) is 0 Å². The second-order valence-electron chi connectivity index (χ2n) is 4.54. The summed E-state index contributed by atoms with van der Waals surface area (Å²) in [6.45, 7) is 10.7. The zero-order valence-corrected chi connectivity index (χ0v) is 13.6. The smallest absolute Gasteiger partial charge is 0.154 e. The van der Waals surface area contributed by atoms with Gasteiger partial charge in [-0.1, -0.05) is 12.2 Å². The Bertz CT molecular complexity index is 197. The maximum Gasteiger partial charge on any atom is 0.154 e. The van der Waals surface area contributed by atoms with Gasteiger partial charge in [-0.2, -0.15) is 0 Å². The third-order valence-corrected chi connectivity index (χ3v) is 2.70. The Morgan fingerprint density at radius 2 is 1.10 bits per heavy atom. The first-order valence-corrected chi connectivity index (χ1v) is 7.82. The zero-order chi connectivity index (χ0) is 15.1. The molecule has 0 aromatic heterocycles. The van der Waals surface area contributed by atoms with Crippen LogP contribution in [0, 0.1) is 0 Å². The predicted molar refractivity (Wildman–Crippen MR) is 81.7 cm³/mol. The molecule has 0 saturated carbocycles. The summed E-state index contributed by atoms with van der Waals surface area (Å²) in [5.74, 6) is 0. The molecule has 0 bridgehead atoms. The maximum absolute atomic E-state index is 5.49. The third-order valence-electron chi connectivity index (χ3n) is 2.70. The average Bonchev–Trinajstić information content (AvgIpc) is 2.41. The van der Waals surface area contributed by atoms with Gasteiger partial charge < -0.3 is 18.9 Å². The highest BCUT2D eigenvalue weighted by Gasteiger charge is 1.99. The molecule has 0 aromatic carbocycles. The fourth-order valence-corrected chi connectivity index (χ4v) is 1.70. The summed E-state index contributed by atoms with van der Waals surface area (Å²) in [4.78, 5) is 0. The number of allylic oxidation sites excluding steroid dienone is 2. The first-order valence-electron chi connectivity index (χ1n) is 7.82. The van der Waals surface area contributed by atoms with E-state index in [0.29, 0.717) is 13.2 Å². The Labute approximate surface area is 124 Å². The van der Waals surface area contributed by atoms with E-state index in [1.807, 2.05) is 27.7 Å². The first kappa shape index (κ1) is 19.6. The minimum atomic E-state index is -0.0894. The van der Waals surface area contributed by atoms with Gasteiger partial charge in [0.15, 0.2) is 12.6 Å². The van der Waals surface area contributed by atoms with E-state index in [0.717, 1.165) is 38.9 Å². The van der Waals surface area contributed by atoms with E-state index < -0.39 is 0 Å². The summed E-state index contributed by atoms with van der Waals surface area (Å²) >= 11 is 0. The van der Waals surface area contributed by atoms with E-state index in [4.69, 9.17) is 18.9 Å². The van der Waals surface area contributed by atoms with Crippen LogP contribution in [0.2, 0.25) is 0 Å². The highest BCUT2D eigenvalue weighted by atomic mass is 16.7. The second-order valence-corrected chi connectivity index (χ2v) is 4.54. The molecule has 0 radical (unpaired) electrons. The van der Waals surface area contributed by atoms with Crippen LogP contribution in [0.1, 0.15) is 53.4 Å². The van der Waals surface area contributed by atoms with E-state index in [9.17, 15) is 0 Å². The monoisotopic (exact) mass is 288 g/mol. The largest absolute Gasteiger partial charge is 0.353 e. The van der Waals surface area contributed by atoms with Gasteiger partial charge in [0, 0.05) is 13.2 Å². The van der Waals surface area contributed by atoms with Crippen molar-refractivity contribution >= 4 is 0 Å². The van der Waals surface area contributed by atoms with Crippen LogP contribution in [-0.4, -0.2) is 39.0 Å². The lowest BCUT2D eigenvalue weighted by Crippen LogP contribution is -2.13. The number of ether oxygens (including phenoxy) is 4. The van der Waals surface area contributed by atoms with Crippen LogP contribution < -0.4 is 0 Å². The zero-order valence-electron chi connectivity index (χ0n) is 13.6. The van der Waals surface area contributed by atoms with Crippen LogP contribution in [0.5, 0.6) is 0 Å². The molecular formula is C16H32O4. The maximum atomic E-state index is 5.49. The molecule has 0 aliphatic heterocycles. The van der Waals surface area contributed by atoms with E-state index in [2.05, 4.69) is 12.2 Å². The summed E-state index contributed by atoms with van der Waals surface area (Å²) in [5, 5.41) is 0. The van der Waals surface area contributed by atoms with E-state index in [-0.39, 0.29) is 12.6 Å². The van der Waals surface area contributed by atoms with Crippen LogP contribution in [0.3, 0.4) is 0 Å². The molecule has 0 spiro atoms. The van der Waals surface area contributed by atoms with Gasteiger partial charge in [0.05, 0.1) is 13.2 Å². The Hall–Kier alpha value is -0.420. The minimum Gasteiger partial charge on any atom is -0.353 e. The predicted octanol–water partition coefficient (Wildman–Crippen LogP) is 3.90. The van der Waals surface area contributed by atoms with Crippen LogP contribution in [0.25, 0.3) is 0 Å². The van der Waals surface area contributed by atoms with Gasteiger partial charge in [-0.15, -0.1) is 0 Å². The Kier molecular flexibility index (Phi) is 14.7. The summed E-state index contributed by atoms with van der Waals surface area (Å²) in [6.07, 6.45) is 8.41. The van der Waals surface area contributed by atoms with Crippen molar-refractivity contribution in [1.29, 1.82) is 0 Å². The minimum absolute atomic E-state index is 0.0894. The van der Waals surface area contributed by atoms with Crippen molar-refractivity contribution in [3.8, 4) is 0 Å². The Morgan fingerprint density at radius 1 is 0.700 bits per heavy atom. The highest BCUT2D eigenvalue weighted by Crippen LogP contribution is 2.01. The molecule has 0 heterocycles.